The van der Waals surface area contributed by atoms with Crippen molar-refractivity contribution in [3.63, 3.8) is 0 Å². The fourth-order valence-corrected chi connectivity index (χ4v) is 8.85. The van der Waals surface area contributed by atoms with Gasteiger partial charge in [-0.3, -0.25) is 4.79 Å². The van der Waals surface area contributed by atoms with Gasteiger partial charge in [0.15, 0.2) is 12.6 Å². The predicted molar refractivity (Wildman–Crippen MR) is 203 cm³/mol. The lowest BCUT2D eigenvalue weighted by Gasteiger charge is -2.52. The molecule has 0 spiro atoms. The molecule has 17 atom stereocenters. The molecule has 54 heavy (non-hydrogen) atoms. The van der Waals surface area contributed by atoms with Gasteiger partial charge in [0.25, 0.3) is 0 Å². The molecule has 0 amide bonds. The van der Waals surface area contributed by atoms with Crippen molar-refractivity contribution in [3.8, 4) is 0 Å². The number of allylic oxidation sites excluding steroid dienone is 2. The lowest BCUT2D eigenvalue weighted by atomic mass is 9.53. The van der Waals surface area contributed by atoms with Crippen LogP contribution in [0.2, 0.25) is 0 Å². The molecule has 4 fully saturated rings. The number of carbonyl (C=O) groups is 1. The first-order chi connectivity index (χ1) is 25.1. The Balaban J connectivity index is 1.58. The van der Waals surface area contributed by atoms with E-state index in [1.165, 1.54) is 6.92 Å². The Bertz CT molecular complexity index is 1420. The molecule has 2 aliphatic heterocycles. The summed E-state index contributed by atoms with van der Waals surface area (Å²) in [6.07, 6.45) is -3.42. The molecule has 4 aliphatic rings. The summed E-state index contributed by atoms with van der Waals surface area (Å²) in [5.41, 5.74) is 1.51. The van der Waals surface area contributed by atoms with Crippen LogP contribution in [0.1, 0.15) is 108 Å². The number of ketones is 1. The fourth-order valence-electron chi connectivity index (χ4n) is 8.85. The van der Waals surface area contributed by atoms with Crippen LogP contribution in [-0.4, -0.2) is 121 Å². The monoisotopic (exact) mass is 764 g/mol. The highest BCUT2D eigenvalue weighted by Gasteiger charge is 2.62. The van der Waals surface area contributed by atoms with Crippen molar-refractivity contribution in [1.29, 1.82) is 0 Å². The van der Waals surface area contributed by atoms with Gasteiger partial charge in [0.05, 0.1) is 35.9 Å². The molecule has 2 heterocycles. The van der Waals surface area contributed by atoms with Crippen molar-refractivity contribution in [2.45, 2.75) is 187 Å². The maximum Gasteiger partial charge on any atom is 0.187 e. The van der Waals surface area contributed by atoms with Crippen molar-refractivity contribution in [1.82, 2.24) is 0 Å². The zero-order valence-corrected chi connectivity index (χ0v) is 33.9. The van der Waals surface area contributed by atoms with Crippen molar-refractivity contribution < 1.29 is 59.5 Å². The largest absolute Gasteiger partial charge is 0.388 e. The van der Waals surface area contributed by atoms with Crippen molar-refractivity contribution in [2.24, 2.45) is 23.2 Å². The van der Waals surface area contributed by atoms with Crippen LogP contribution in [0.25, 0.3) is 0 Å². The van der Waals surface area contributed by atoms with Gasteiger partial charge < -0.3 is 54.7 Å². The van der Waals surface area contributed by atoms with E-state index in [9.17, 15) is 40.5 Å². The highest BCUT2D eigenvalue weighted by Crippen LogP contribution is 2.58. The quantitative estimate of drug-likeness (QED) is 0.134. The zero-order chi connectivity index (χ0) is 40.4. The highest BCUT2D eigenvalue weighted by molar-refractivity contribution is 5.91. The van der Waals surface area contributed by atoms with E-state index in [2.05, 4.69) is 0 Å². The van der Waals surface area contributed by atoms with Crippen molar-refractivity contribution >= 4 is 5.78 Å². The number of ether oxygens (including phenoxy) is 4. The van der Waals surface area contributed by atoms with Gasteiger partial charge in [-0.1, -0.05) is 55.7 Å². The Labute approximate surface area is 321 Å². The Hall–Kier alpha value is -1.81. The van der Waals surface area contributed by atoms with Gasteiger partial charge in [-0.25, -0.2) is 0 Å². The van der Waals surface area contributed by atoms with Crippen LogP contribution in [0.15, 0.2) is 46.6 Å². The Kier molecular flexibility index (Phi) is 15.1. The molecule has 4 rings (SSSR count). The van der Waals surface area contributed by atoms with Gasteiger partial charge in [-0.2, -0.15) is 0 Å². The molecular weight excluding hydrogens is 696 g/mol. The standard InChI is InChI=1S/C42H68O12/c1-21(2)13-15-30(43)24(6)20-29-38(49)41(10)18-11-12-28(41)25(7)42(29,50)19-17-23(5)31(16-14-22(3)4)53-39-36(48)34(46)37(27(9)52-39)54-40-35(47)33(45)32(44)26(8)51-40/h13-14,17,20,25-37,39-40,43-48,50H,11-12,15-16,18-19H2,1-10H3/b23-17+,24-20+/t25-,26?,27?,28+,29+,30?,31?,32?,33?,34?,35+,36?,37?,39?,40?,41+,42-/m1/s1. The summed E-state index contributed by atoms with van der Waals surface area (Å²) in [5.74, 6) is -1.02. The Morgan fingerprint density at radius 2 is 1.41 bits per heavy atom. The number of rotatable bonds is 13. The number of hydrogen-bond donors (Lipinski definition) is 7. The summed E-state index contributed by atoms with van der Waals surface area (Å²) in [6, 6.07) is 0. The molecule has 0 radical (unpaired) electrons. The molecule has 7 N–H and O–H groups in total. The molecule has 0 bridgehead atoms. The molecule has 0 aromatic heterocycles. The van der Waals surface area contributed by atoms with Gasteiger partial charge >= 0.3 is 0 Å². The van der Waals surface area contributed by atoms with E-state index in [1.807, 2.05) is 73.6 Å². The summed E-state index contributed by atoms with van der Waals surface area (Å²) in [4.78, 5) is 14.4. The van der Waals surface area contributed by atoms with E-state index in [4.69, 9.17) is 18.9 Å². The first kappa shape index (κ1) is 44.9. The topological polar surface area (TPSA) is 196 Å². The van der Waals surface area contributed by atoms with Crippen LogP contribution in [0, 0.1) is 23.2 Å². The summed E-state index contributed by atoms with van der Waals surface area (Å²) >= 11 is 0. The highest BCUT2D eigenvalue weighted by atomic mass is 16.7. The number of Topliss-reactive ketones (excluding diaryl/α,β-unsaturated/α-hetero) is 1. The second-order valence-corrected chi connectivity index (χ2v) is 17.2. The first-order valence-corrected chi connectivity index (χ1v) is 19.7. The third-order valence-corrected chi connectivity index (χ3v) is 12.7. The van der Waals surface area contributed by atoms with E-state index >= 15 is 0 Å². The molecule has 0 aromatic carbocycles. The number of aliphatic hydroxyl groups excluding tert-OH is 6. The van der Waals surface area contributed by atoms with Crippen LogP contribution in [0.5, 0.6) is 0 Å². The van der Waals surface area contributed by atoms with Crippen LogP contribution >= 0.6 is 0 Å². The molecule has 308 valence electrons. The van der Waals surface area contributed by atoms with Gasteiger partial charge in [-0.05, 0) is 110 Å². The smallest absolute Gasteiger partial charge is 0.187 e. The maximum atomic E-state index is 14.4. The number of fused-ring (bicyclic) bond motifs is 1. The van der Waals surface area contributed by atoms with Crippen LogP contribution in [0.4, 0.5) is 0 Å². The predicted octanol–water partition coefficient (Wildman–Crippen LogP) is 3.78. The SMILES string of the molecule is CC(C)=CCC(O)/C(C)=C/[C@H]1C(=O)[C@@]2(C)CCC[C@H]2[C@@H](C)[C@]1(O)C/C=C(\C)C(CC=C(C)C)OC1OC(C)C(OC2OC(C)C(O)C(O)[C@@H]2O)C(O)C1O. The van der Waals surface area contributed by atoms with E-state index in [1.54, 1.807) is 13.0 Å². The third-order valence-electron chi connectivity index (χ3n) is 12.7. The van der Waals surface area contributed by atoms with Gasteiger partial charge in [0, 0.05) is 5.41 Å². The lowest BCUT2D eigenvalue weighted by molar-refractivity contribution is -0.354. The van der Waals surface area contributed by atoms with Crippen LogP contribution < -0.4 is 0 Å². The summed E-state index contributed by atoms with van der Waals surface area (Å²) in [6.45, 7) is 18.7. The number of hydrogen-bond acceptors (Lipinski definition) is 12. The lowest BCUT2D eigenvalue weighted by Crippen LogP contribution is -2.63. The van der Waals surface area contributed by atoms with E-state index < -0.39 is 90.6 Å². The number of carbonyl (C=O) groups excluding carboxylic acids is 1. The zero-order valence-electron chi connectivity index (χ0n) is 33.9. The Morgan fingerprint density at radius 3 is 2.04 bits per heavy atom. The molecule has 11 unspecified atom stereocenters. The van der Waals surface area contributed by atoms with E-state index in [0.29, 0.717) is 18.4 Å². The second kappa shape index (κ2) is 18.2. The van der Waals surface area contributed by atoms with Crippen LogP contribution in [0.3, 0.4) is 0 Å². The van der Waals surface area contributed by atoms with Crippen molar-refractivity contribution in [2.75, 3.05) is 0 Å². The van der Waals surface area contributed by atoms with E-state index in [0.717, 1.165) is 36.0 Å². The van der Waals surface area contributed by atoms with E-state index in [-0.39, 0.29) is 24.0 Å². The Morgan fingerprint density at radius 1 is 0.815 bits per heavy atom. The summed E-state index contributed by atoms with van der Waals surface area (Å²) in [7, 11) is 0. The fraction of sp³-hybridized carbons (Fsp3) is 0.786. The minimum Gasteiger partial charge on any atom is -0.388 e. The molecule has 2 saturated carbocycles. The summed E-state index contributed by atoms with van der Waals surface area (Å²) in [5, 5.41) is 76.9. The molecule has 2 saturated heterocycles. The van der Waals surface area contributed by atoms with Gasteiger partial charge in [-0.15, -0.1) is 0 Å². The minimum absolute atomic E-state index is 0.00697. The average molecular weight is 765 g/mol. The minimum atomic E-state index is -1.60. The molecular formula is C42H68O12. The normalized spacial score (nSPS) is 43.0. The third kappa shape index (κ3) is 9.48. The first-order valence-electron chi connectivity index (χ1n) is 19.7. The van der Waals surface area contributed by atoms with Crippen LogP contribution in [-0.2, 0) is 23.7 Å². The molecule has 2 aliphatic carbocycles. The van der Waals surface area contributed by atoms with Crippen molar-refractivity contribution in [3.05, 3.63) is 46.6 Å². The van der Waals surface area contributed by atoms with Gasteiger partial charge in [0.2, 0.25) is 0 Å². The maximum absolute atomic E-state index is 14.4. The molecule has 0 aromatic rings. The number of aliphatic hydroxyl groups is 7. The summed E-state index contributed by atoms with van der Waals surface area (Å²) < 4.78 is 23.8. The van der Waals surface area contributed by atoms with Gasteiger partial charge in [0.1, 0.15) is 42.4 Å². The average Bonchev–Trinajstić information content (AvgIpc) is 3.52. The molecule has 12 heteroatoms. The second-order valence-electron chi connectivity index (χ2n) is 17.2. The molecule has 12 nitrogen and oxygen atoms in total.